The van der Waals surface area contributed by atoms with Crippen molar-refractivity contribution in [2.45, 2.75) is 87.9 Å². The predicted octanol–water partition coefficient (Wildman–Crippen LogP) is 4.32. The third kappa shape index (κ3) is 5.76. The fourth-order valence-corrected chi connectivity index (χ4v) is 5.66. The summed E-state index contributed by atoms with van der Waals surface area (Å²) in [7, 11) is 0. The third-order valence-corrected chi connectivity index (χ3v) is 7.00. The molecule has 0 spiro atoms. The molecule has 1 saturated carbocycles. The van der Waals surface area contributed by atoms with Crippen molar-refractivity contribution < 1.29 is 9.59 Å². The minimum absolute atomic E-state index is 0.0833. The predicted molar refractivity (Wildman–Crippen MR) is 115 cm³/mol. The van der Waals surface area contributed by atoms with Gasteiger partial charge in [0.1, 0.15) is 0 Å². The number of amides is 2. The zero-order chi connectivity index (χ0) is 20.1. The van der Waals surface area contributed by atoms with Crippen LogP contribution in [0.15, 0.2) is 29.2 Å². The van der Waals surface area contributed by atoms with E-state index in [1.165, 1.54) is 4.90 Å². The lowest BCUT2D eigenvalue weighted by molar-refractivity contribution is -0.127. The van der Waals surface area contributed by atoms with Crippen LogP contribution in [0.2, 0.25) is 0 Å². The number of piperidine rings is 1. The summed E-state index contributed by atoms with van der Waals surface area (Å²) in [6.07, 6.45) is 6.35. The van der Waals surface area contributed by atoms with Gasteiger partial charge in [-0.15, -0.1) is 11.8 Å². The van der Waals surface area contributed by atoms with Crippen molar-refractivity contribution in [1.29, 1.82) is 0 Å². The molecule has 4 atom stereocenters. The molecular formula is C23H34N2O2S. The Morgan fingerprint density at radius 3 is 2.68 bits per heavy atom. The summed E-state index contributed by atoms with van der Waals surface area (Å²) >= 11 is 1.83. The summed E-state index contributed by atoms with van der Waals surface area (Å²) in [6.45, 7) is 6.56. The first-order chi connectivity index (χ1) is 13.4. The second-order valence-corrected chi connectivity index (χ2v) is 10.3. The van der Waals surface area contributed by atoms with Crippen molar-refractivity contribution in [3.05, 3.63) is 29.8 Å². The van der Waals surface area contributed by atoms with Gasteiger partial charge in [0.2, 0.25) is 11.8 Å². The van der Waals surface area contributed by atoms with E-state index in [1.807, 2.05) is 11.8 Å². The Morgan fingerprint density at radius 1 is 1.25 bits per heavy atom. The summed E-state index contributed by atoms with van der Waals surface area (Å²) in [5.41, 5.74) is 1.05. The monoisotopic (exact) mass is 402 g/mol. The Balaban J connectivity index is 1.50. The average molecular weight is 403 g/mol. The molecule has 1 aliphatic heterocycles. The zero-order valence-electron chi connectivity index (χ0n) is 17.4. The molecule has 3 rings (SSSR count). The van der Waals surface area contributed by atoms with Crippen molar-refractivity contribution in [2.75, 3.05) is 0 Å². The first-order valence-corrected chi connectivity index (χ1v) is 11.7. The lowest BCUT2D eigenvalue weighted by Gasteiger charge is -2.44. The Labute approximate surface area is 173 Å². The van der Waals surface area contributed by atoms with Gasteiger partial charge in [-0.05, 0) is 55.2 Å². The number of hydrogen-bond acceptors (Lipinski definition) is 3. The molecular weight excluding hydrogens is 368 g/mol. The van der Waals surface area contributed by atoms with Gasteiger partial charge in [0, 0.05) is 28.6 Å². The Kier molecular flexibility index (Phi) is 7.44. The smallest absolute Gasteiger partial charge is 0.224 e. The van der Waals surface area contributed by atoms with Crippen LogP contribution in [0, 0.1) is 11.8 Å². The minimum Gasteiger partial charge on any atom is -0.353 e. The number of nitrogens with one attached hydrogen (secondary N) is 2. The fraction of sp³-hybridized carbons (Fsp3) is 0.652. The van der Waals surface area contributed by atoms with Crippen LogP contribution in [-0.2, 0) is 16.0 Å². The fourth-order valence-electron chi connectivity index (χ4n) is 4.82. The topological polar surface area (TPSA) is 58.2 Å². The van der Waals surface area contributed by atoms with Gasteiger partial charge in [0.05, 0.1) is 6.42 Å². The Hall–Kier alpha value is -1.49. The van der Waals surface area contributed by atoms with E-state index in [2.05, 4.69) is 55.7 Å². The van der Waals surface area contributed by atoms with E-state index in [1.54, 1.807) is 0 Å². The van der Waals surface area contributed by atoms with Crippen molar-refractivity contribution in [2.24, 2.45) is 11.8 Å². The van der Waals surface area contributed by atoms with Crippen molar-refractivity contribution >= 4 is 23.6 Å². The summed E-state index contributed by atoms with van der Waals surface area (Å²) < 4.78 is 0. The minimum atomic E-state index is 0.0833. The molecule has 2 amide bonds. The summed E-state index contributed by atoms with van der Waals surface area (Å²) in [5.74, 6) is 1.37. The lowest BCUT2D eigenvalue weighted by Crippen LogP contribution is -2.55. The molecule has 1 aromatic carbocycles. The maximum Gasteiger partial charge on any atom is 0.224 e. The Morgan fingerprint density at radius 2 is 2.00 bits per heavy atom. The molecule has 5 heteroatoms. The lowest BCUT2D eigenvalue weighted by atomic mass is 9.70. The highest BCUT2D eigenvalue weighted by Gasteiger charge is 2.40. The summed E-state index contributed by atoms with van der Waals surface area (Å²) in [6, 6.07) is 8.71. The van der Waals surface area contributed by atoms with Gasteiger partial charge >= 0.3 is 0 Å². The van der Waals surface area contributed by atoms with E-state index in [9.17, 15) is 9.59 Å². The number of carbonyl (C=O) groups excluding carboxylic acids is 2. The van der Waals surface area contributed by atoms with E-state index >= 15 is 0 Å². The molecule has 0 aromatic heterocycles. The van der Waals surface area contributed by atoms with E-state index in [-0.39, 0.29) is 23.9 Å². The molecule has 1 heterocycles. The zero-order valence-corrected chi connectivity index (χ0v) is 18.2. The van der Waals surface area contributed by atoms with Crippen LogP contribution in [0.4, 0.5) is 0 Å². The van der Waals surface area contributed by atoms with E-state index in [4.69, 9.17) is 0 Å². The van der Waals surface area contributed by atoms with Crippen molar-refractivity contribution in [3.63, 3.8) is 0 Å². The molecule has 1 saturated heterocycles. The van der Waals surface area contributed by atoms with Crippen LogP contribution in [0.1, 0.15) is 64.9 Å². The largest absolute Gasteiger partial charge is 0.353 e. The van der Waals surface area contributed by atoms with Crippen LogP contribution < -0.4 is 10.6 Å². The molecule has 2 fully saturated rings. The number of fused-ring (bicyclic) bond motifs is 1. The normalized spacial score (nSPS) is 27.2. The standard InChI is InChI=1S/C23H34N2O2S/c1-4-5-17-13-23(27)25-21-14-18(8-11-20(17)21)24-22(26)12-16-6-9-19(10-7-16)28-15(2)3/h6-7,9-10,15,17-18,20-21H,4-5,8,11-14H2,1-3H3,(H,24,26)(H,25,27). The first-order valence-electron chi connectivity index (χ1n) is 10.8. The number of carbonyl (C=O) groups is 2. The van der Waals surface area contributed by atoms with E-state index in [0.717, 1.165) is 37.7 Å². The highest BCUT2D eigenvalue weighted by molar-refractivity contribution is 7.99. The van der Waals surface area contributed by atoms with Gasteiger partial charge in [-0.1, -0.05) is 39.3 Å². The van der Waals surface area contributed by atoms with Gasteiger partial charge in [0.15, 0.2) is 0 Å². The maximum atomic E-state index is 12.5. The van der Waals surface area contributed by atoms with Crippen LogP contribution in [0.3, 0.4) is 0 Å². The van der Waals surface area contributed by atoms with Crippen molar-refractivity contribution in [3.8, 4) is 0 Å². The van der Waals surface area contributed by atoms with Gasteiger partial charge < -0.3 is 10.6 Å². The number of thioether (sulfide) groups is 1. The first kappa shape index (κ1) is 21.2. The molecule has 2 aliphatic rings. The third-order valence-electron chi connectivity index (χ3n) is 5.99. The number of benzene rings is 1. The molecule has 2 N–H and O–H groups in total. The second-order valence-electron chi connectivity index (χ2n) is 8.66. The average Bonchev–Trinajstić information content (AvgIpc) is 2.62. The van der Waals surface area contributed by atoms with Crippen LogP contribution >= 0.6 is 11.8 Å². The number of hydrogen-bond donors (Lipinski definition) is 2. The highest BCUT2D eigenvalue weighted by atomic mass is 32.2. The second kappa shape index (κ2) is 9.82. The Bertz CT molecular complexity index is 674. The molecule has 0 radical (unpaired) electrons. The van der Waals surface area contributed by atoms with Crippen molar-refractivity contribution in [1.82, 2.24) is 10.6 Å². The molecule has 28 heavy (non-hydrogen) atoms. The van der Waals surface area contributed by atoms with Crippen LogP contribution in [-0.4, -0.2) is 29.1 Å². The molecule has 1 aromatic rings. The van der Waals surface area contributed by atoms with Gasteiger partial charge in [0.25, 0.3) is 0 Å². The summed E-state index contributed by atoms with van der Waals surface area (Å²) in [5, 5.41) is 6.96. The van der Waals surface area contributed by atoms with E-state index in [0.29, 0.717) is 29.9 Å². The molecule has 4 unspecified atom stereocenters. The maximum absolute atomic E-state index is 12.5. The molecule has 154 valence electrons. The molecule has 4 nitrogen and oxygen atoms in total. The summed E-state index contributed by atoms with van der Waals surface area (Å²) in [4.78, 5) is 25.8. The van der Waals surface area contributed by atoms with Gasteiger partial charge in [-0.2, -0.15) is 0 Å². The SMILES string of the molecule is CCCC1CC(=O)NC2CC(NC(=O)Cc3ccc(SC(C)C)cc3)CCC12. The quantitative estimate of drug-likeness (QED) is 0.668. The molecule has 0 bridgehead atoms. The highest BCUT2D eigenvalue weighted by Crippen LogP contribution is 2.37. The number of rotatable bonds is 7. The molecule has 1 aliphatic carbocycles. The van der Waals surface area contributed by atoms with Crippen LogP contribution in [0.5, 0.6) is 0 Å². The van der Waals surface area contributed by atoms with Gasteiger partial charge in [-0.25, -0.2) is 0 Å². The van der Waals surface area contributed by atoms with Crippen LogP contribution in [0.25, 0.3) is 0 Å². The van der Waals surface area contributed by atoms with E-state index < -0.39 is 0 Å². The van der Waals surface area contributed by atoms with Gasteiger partial charge in [-0.3, -0.25) is 9.59 Å².